The number of amides is 3. The number of anilines is 3. The molecule has 5 rings (SSSR count). The van der Waals surface area contributed by atoms with Crippen LogP contribution in [0, 0.1) is 0 Å². The number of methoxy groups -OCH3 is 1. The van der Waals surface area contributed by atoms with Gasteiger partial charge >= 0.3 is 0 Å². The molecule has 43 heavy (non-hydrogen) atoms. The lowest BCUT2D eigenvalue weighted by Gasteiger charge is -2.33. The molecule has 1 atom stereocenters. The van der Waals surface area contributed by atoms with E-state index in [9.17, 15) is 19.2 Å². The Hall–Kier alpha value is -5.44. The zero-order valence-corrected chi connectivity index (χ0v) is 24.2. The predicted molar refractivity (Wildman–Crippen MR) is 165 cm³/mol. The summed E-state index contributed by atoms with van der Waals surface area (Å²) in [7, 11) is 5.41. The minimum atomic E-state index is -1.07. The first-order valence-corrected chi connectivity index (χ1v) is 13.8. The summed E-state index contributed by atoms with van der Waals surface area (Å²) in [5.74, 6) is -1.78. The number of ketones is 1. The fourth-order valence-electron chi connectivity index (χ4n) is 5.05. The average molecular weight is 577 g/mol. The standard InChI is InChI=1S/C34H32N4O5/c1-36(2)26-17-15-25(16-18-26)35-33(41)31(24-13-19-27(43-3)20-14-24)38(21-23-9-5-4-6-10-23)30(39)22-37-29-12-8-7-11-28(29)32(40)34(37)42/h4-20,31H,21-22H2,1-3H3,(H,35,41)/t31-/m1/s1. The molecule has 1 N–H and O–H groups in total. The summed E-state index contributed by atoms with van der Waals surface area (Å²) < 4.78 is 5.32. The first-order valence-electron chi connectivity index (χ1n) is 13.8. The highest BCUT2D eigenvalue weighted by atomic mass is 16.5. The number of nitrogens with zero attached hydrogens (tertiary/aromatic N) is 3. The molecule has 0 spiro atoms. The van der Waals surface area contributed by atoms with Gasteiger partial charge in [0.2, 0.25) is 5.91 Å². The number of rotatable bonds is 10. The largest absolute Gasteiger partial charge is 0.497 e. The summed E-state index contributed by atoms with van der Waals surface area (Å²) in [6, 6.07) is 29.1. The Morgan fingerprint density at radius 1 is 0.837 bits per heavy atom. The third kappa shape index (κ3) is 6.25. The molecule has 0 radical (unpaired) electrons. The number of nitrogens with one attached hydrogen (secondary N) is 1. The van der Waals surface area contributed by atoms with Crippen molar-refractivity contribution in [2.75, 3.05) is 42.9 Å². The van der Waals surface area contributed by atoms with Crippen molar-refractivity contribution in [3.63, 3.8) is 0 Å². The van der Waals surface area contributed by atoms with Crippen molar-refractivity contribution in [2.24, 2.45) is 0 Å². The van der Waals surface area contributed by atoms with Gasteiger partial charge in [-0.2, -0.15) is 0 Å². The molecule has 0 saturated carbocycles. The minimum Gasteiger partial charge on any atom is -0.497 e. The molecule has 1 aliphatic heterocycles. The summed E-state index contributed by atoms with van der Waals surface area (Å²) in [5, 5.41) is 2.96. The van der Waals surface area contributed by atoms with Crippen LogP contribution in [0.2, 0.25) is 0 Å². The maximum Gasteiger partial charge on any atom is 0.299 e. The van der Waals surface area contributed by atoms with Gasteiger partial charge in [0.1, 0.15) is 18.3 Å². The molecule has 9 heteroatoms. The zero-order chi connectivity index (χ0) is 30.5. The molecule has 0 fully saturated rings. The van der Waals surface area contributed by atoms with Crippen LogP contribution >= 0.6 is 0 Å². The topological polar surface area (TPSA) is 99.3 Å². The van der Waals surface area contributed by atoms with E-state index in [0.29, 0.717) is 22.7 Å². The number of benzene rings is 4. The van der Waals surface area contributed by atoms with Crippen molar-refractivity contribution >= 4 is 40.6 Å². The summed E-state index contributed by atoms with van der Waals surface area (Å²) in [6.45, 7) is -0.327. The van der Waals surface area contributed by atoms with Gasteiger partial charge in [-0.3, -0.25) is 24.1 Å². The van der Waals surface area contributed by atoms with Crippen molar-refractivity contribution in [3.8, 4) is 5.75 Å². The van der Waals surface area contributed by atoms with Crippen molar-refractivity contribution in [2.45, 2.75) is 12.6 Å². The Morgan fingerprint density at radius 3 is 2.14 bits per heavy atom. The van der Waals surface area contributed by atoms with E-state index in [1.165, 1.54) is 9.80 Å². The smallest absolute Gasteiger partial charge is 0.299 e. The Labute approximate surface area is 250 Å². The van der Waals surface area contributed by atoms with Crippen LogP contribution in [0.4, 0.5) is 17.1 Å². The van der Waals surface area contributed by atoms with Gasteiger partial charge in [-0.1, -0.05) is 54.6 Å². The van der Waals surface area contributed by atoms with Crippen molar-refractivity contribution < 1.29 is 23.9 Å². The van der Waals surface area contributed by atoms with Gasteiger partial charge in [0.05, 0.1) is 18.4 Å². The number of para-hydroxylation sites is 1. The lowest BCUT2D eigenvalue weighted by molar-refractivity contribution is -0.139. The molecule has 0 saturated heterocycles. The molecule has 218 valence electrons. The number of carbonyl (C=O) groups is 4. The summed E-state index contributed by atoms with van der Waals surface area (Å²) in [5.41, 5.74) is 3.50. The van der Waals surface area contributed by atoms with E-state index in [-0.39, 0.29) is 12.1 Å². The number of ether oxygens (including phenoxy) is 1. The normalized spacial score (nSPS) is 12.9. The second-order valence-corrected chi connectivity index (χ2v) is 10.4. The van der Waals surface area contributed by atoms with E-state index in [2.05, 4.69) is 5.32 Å². The molecule has 3 amide bonds. The van der Waals surface area contributed by atoms with E-state index in [1.54, 1.807) is 67.8 Å². The summed E-state index contributed by atoms with van der Waals surface area (Å²) in [4.78, 5) is 58.5. The Balaban J connectivity index is 1.53. The number of hydrogen-bond donors (Lipinski definition) is 1. The molecule has 1 aliphatic rings. The fourth-order valence-corrected chi connectivity index (χ4v) is 5.05. The van der Waals surface area contributed by atoms with E-state index < -0.39 is 36.1 Å². The van der Waals surface area contributed by atoms with Gasteiger partial charge in [0.15, 0.2) is 0 Å². The lowest BCUT2D eigenvalue weighted by Crippen LogP contribution is -2.46. The van der Waals surface area contributed by atoms with Gasteiger partial charge < -0.3 is 19.9 Å². The second-order valence-electron chi connectivity index (χ2n) is 10.4. The van der Waals surface area contributed by atoms with Crippen molar-refractivity contribution in [1.82, 2.24) is 4.90 Å². The van der Waals surface area contributed by atoms with Crippen LogP contribution in [0.15, 0.2) is 103 Å². The fraction of sp³-hybridized carbons (Fsp3) is 0.176. The first kappa shape index (κ1) is 29.1. The number of fused-ring (bicyclic) bond motifs is 1. The Morgan fingerprint density at radius 2 is 1.49 bits per heavy atom. The van der Waals surface area contributed by atoms with Crippen molar-refractivity contribution in [1.29, 1.82) is 0 Å². The number of hydrogen-bond acceptors (Lipinski definition) is 6. The number of carbonyl (C=O) groups excluding carboxylic acids is 4. The molecular weight excluding hydrogens is 544 g/mol. The number of Topliss-reactive ketones (excluding diaryl/α,β-unsaturated/α-hetero) is 1. The summed E-state index contributed by atoms with van der Waals surface area (Å²) in [6.07, 6.45) is 0. The summed E-state index contributed by atoms with van der Waals surface area (Å²) >= 11 is 0. The molecule has 0 aromatic heterocycles. The van der Waals surface area contributed by atoms with Crippen LogP contribution < -0.4 is 19.9 Å². The van der Waals surface area contributed by atoms with E-state index >= 15 is 0 Å². The van der Waals surface area contributed by atoms with Crippen LogP contribution in [-0.4, -0.2) is 56.2 Å². The van der Waals surface area contributed by atoms with E-state index in [0.717, 1.165) is 11.3 Å². The molecular formula is C34H32N4O5. The molecule has 4 aromatic carbocycles. The molecule has 9 nitrogen and oxygen atoms in total. The van der Waals surface area contributed by atoms with Crippen LogP contribution in [0.25, 0.3) is 0 Å². The first-order chi connectivity index (χ1) is 20.8. The highest BCUT2D eigenvalue weighted by Crippen LogP contribution is 2.31. The molecule has 0 unspecified atom stereocenters. The van der Waals surface area contributed by atoms with Gasteiger partial charge in [-0.05, 0) is 59.7 Å². The highest BCUT2D eigenvalue weighted by Gasteiger charge is 2.39. The van der Waals surface area contributed by atoms with Crippen LogP contribution in [0.3, 0.4) is 0 Å². The molecule has 4 aromatic rings. The third-order valence-corrected chi connectivity index (χ3v) is 7.33. The molecule has 0 bridgehead atoms. The van der Waals surface area contributed by atoms with E-state index in [4.69, 9.17) is 4.74 Å². The van der Waals surface area contributed by atoms with Crippen molar-refractivity contribution in [3.05, 3.63) is 120 Å². The van der Waals surface area contributed by atoms with Gasteiger partial charge in [0.25, 0.3) is 17.6 Å². The maximum absolute atomic E-state index is 14.2. The minimum absolute atomic E-state index is 0.0843. The SMILES string of the molecule is COc1ccc([C@H](C(=O)Nc2ccc(N(C)C)cc2)N(Cc2ccccc2)C(=O)CN2C(=O)C(=O)c3ccccc32)cc1. The van der Waals surface area contributed by atoms with Crippen LogP contribution in [0.1, 0.15) is 27.5 Å². The van der Waals surface area contributed by atoms with Crippen LogP contribution in [-0.2, 0) is 20.9 Å². The monoisotopic (exact) mass is 576 g/mol. The molecule has 0 aliphatic carbocycles. The predicted octanol–water partition coefficient (Wildman–Crippen LogP) is 4.70. The van der Waals surface area contributed by atoms with Crippen LogP contribution in [0.5, 0.6) is 5.75 Å². The average Bonchev–Trinajstić information content (AvgIpc) is 3.26. The quantitative estimate of drug-likeness (QED) is 0.275. The lowest BCUT2D eigenvalue weighted by atomic mass is 10.0. The molecule has 1 heterocycles. The zero-order valence-electron chi connectivity index (χ0n) is 24.2. The Bertz CT molecular complexity index is 1640. The van der Waals surface area contributed by atoms with Gasteiger partial charge in [0, 0.05) is 32.0 Å². The van der Waals surface area contributed by atoms with Gasteiger partial charge in [-0.25, -0.2) is 0 Å². The Kier molecular flexibility index (Phi) is 8.52. The van der Waals surface area contributed by atoms with E-state index in [1.807, 2.05) is 61.5 Å². The third-order valence-electron chi connectivity index (χ3n) is 7.33. The maximum atomic E-state index is 14.2. The highest BCUT2D eigenvalue weighted by molar-refractivity contribution is 6.52. The second kappa shape index (κ2) is 12.6. The van der Waals surface area contributed by atoms with Gasteiger partial charge in [-0.15, -0.1) is 0 Å².